The minimum atomic E-state index is -0.652. The van der Waals surface area contributed by atoms with Gasteiger partial charge in [0.1, 0.15) is 11.3 Å². The number of carbonyl (C=O) groups is 1. The molecule has 144 valence electrons. The fourth-order valence-corrected chi connectivity index (χ4v) is 4.12. The molecule has 0 aliphatic carbocycles. The molecule has 0 saturated carbocycles. The van der Waals surface area contributed by atoms with Crippen LogP contribution in [-0.4, -0.2) is 10.8 Å². The Kier molecular flexibility index (Phi) is 4.23. The summed E-state index contributed by atoms with van der Waals surface area (Å²) >= 11 is 12.3. The fourth-order valence-electron chi connectivity index (χ4n) is 3.75. The van der Waals surface area contributed by atoms with Crippen LogP contribution in [0.4, 0.5) is 0 Å². The van der Waals surface area contributed by atoms with Gasteiger partial charge >= 0.3 is 0 Å². The van der Waals surface area contributed by atoms with Gasteiger partial charge in [-0.25, -0.2) is 0 Å². The third-order valence-electron chi connectivity index (χ3n) is 5.00. The first kappa shape index (κ1) is 18.0. The van der Waals surface area contributed by atoms with Crippen LogP contribution in [0.1, 0.15) is 33.5 Å². The zero-order valence-electron chi connectivity index (χ0n) is 14.9. The van der Waals surface area contributed by atoms with Crippen LogP contribution in [0.15, 0.2) is 74.5 Å². The molecule has 0 fully saturated rings. The molecule has 0 saturated heterocycles. The Labute approximate surface area is 175 Å². The molecule has 0 N–H and O–H groups in total. The average molecular weight is 426 g/mol. The summed E-state index contributed by atoms with van der Waals surface area (Å²) in [5.74, 6) is 0.245. The molecule has 1 atom stereocenters. The van der Waals surface area contributed by atoms with Crippen molar-refractivity contribution in [2.75, 3.05) is 0 Å². The van der Waals surface area contributed by atoms with E-state index in [4.69, 9.17) is 32.0 Å². The number of amides is 1. The maximum absolute atomic E-state index is 13.4. The fraction of sp³-hybridized carbons (Fsp3) is 0.0909. The first-order chi connectivity index (χ1) is 14.0. The first-order valence-corrected chi connectivity index (χ1v) is 9.63. The molecule has 1 aliphatic rings. The molecule has 7 heteroatoms. The molecular weight excluding hydrogens is 413 g/mol. The Bertz CT molecular complexity index is 1310. The van der Waals surface area contributed by atoms with Crippen molar-refractivity contribution in [3.05, 3.63) is 104 Å². The molecule has 0 bridgehead atoms. The molecule has 5 nitrogen and oxygen atoms in total. The summed E-state index contributed by atoms with van der Waals surface area (Å²) in [6.45, 7) is 0.184. The van der Waals surface area contributed by atoms with Crippen LogP contribution in [0.5, 0.6) is 0 Å². The van der Waals surface area contributed by atoms with Crippen molar-refractivity contribution in [1.29, 1.82) is 0 Å². The standard InChI is InChI=1S/C22H13Cl2NO4/c23-13-4-1-3-12(9-13)19-18-20(26)16-10-14(24)6-7-17(16)29-21(18)22(27)25(19)11-15-5-2-8-28-15/h1-10,19H,11H2/t19-/m0/s1. The van der Waals surface area contributed by atoms with E-state index in [1.807, 2.05) is 6.07 Å². The predicted molar refractivity (Wildman–Crippen MR) is 109 cm³/mol. The van der Waals surface area contributed by atoms with Crippen molar-refractivity contribution in [2.45, 2.75) is 12.6 Å². The number of hydrogen-bond acceptors (Lipinski definition) is 4. The summed E-state index contributed by atoms with van der Waals surface area (Å²) in [6, 6.07) is 14.7. The lowest BCUT2D eigenvalue weighted by Crippen LogP contribution is -2.29. The smallest absolute Gasteiger partial charge is 0.291 e. The largest absolute Gasteiger partial charge is 0.467 e. The highest BCUT2D eigenvalue weighted by molar-refractivity contribution is 6.31. The molecule has 4 aromatic rings. The van der Waals surface area contributed by atoms with Gasteiger partial charge in [0.05, 0.1) is 29.8 Å². The van der Waals surface area contributed by atoms with Crippen molar-refractivity contribution in [3.8, 4) is 0 Å². The van der Waals surface area contributed by atoms with Gasteiger partial charge in [0, 0.05) is 10.0 Å². The van der Waals surface area contributed by atoms with Crippen LogP contribution in [0.2, 0.25) is 10.0 Å². The minimum absolute atomic E-state index is 0.0290. The van der Waals surface area contributed by atoms with E-state index in [0.717, 1.165) is 0 Å². The van der Waals surface area contributed by atoms with Gasteiger partial charge in [0.2, 0.25) is 5.76 Å². The van der Waals surface area contributed by atoms with E-state index in [1.54, 1.807) is 53.4 Å². The molecule has 1 amide bonds. The predicted octanol–water partition coefficient (Wildman–Crippen LogP) is 5.44. The summed E-state index contributed by atoms with van der Waals surface area (Å²) in [6.07, 6.45) is 1.54. The number of rotatable bonds is 3. The lowest BCUT2D eigenvalue weighted by atomic mass is 9.98. The zero-order chi connectivity index (χ0) is 20.1. The Hall–Kier alpha value is -3.02. The average Bonchev–Trinajstić information content (AvgIpc) is 3.31. The van der Waals surface area contributed by atoms with Crippen LogP contribution < -0.4 is 5.43 Å². The number of carbonyl (C=O) groups excluding carboxylic acids is 1. The highest BCUT2D eigenvalue weighted by Crippen LogP contribution is 2.39. The van der Waals surface area contributed by atoms with Crippen LogP contribution in [0.25, 0.3) is 11.0 Å². The highest BCUT2D eigenvalue weighted by Gasteiger charge is 2.43. The Morgan fingerprint density at radius 2 is 1.79 bits per heavy atom. The number of nitrogens with zero attached hydrogens (tertiary/aromatic N) is 1. The van der Waals surface area contributed by atoms with E-state index in [-0.39, 0.29) is 29.2 Å². The van der Waals surface area contributed by atoms with E-state index < -0.39 is 6.04 Å². The van der Waals surface area contributed by atoms with Crippen LogP contribution in [-0.2, 0) is 6.54 Å². The molecule has 2 aromatic heterocycles. The van der Waals surface area contributed by atoms with E-state index in [2.05, 4.69) is 0 Å². The number of fused-ring (bicyclic) bond motifs is 2. The van der Waals surface area contributed by atoms with Gasteiger partial charge in [0.15, 0.2) is 5.43 Å². The quantitative estimate of drug-likeness (QED) is 0.438. The first-order valence-electron chi connectivity index (χ1n) is 8.88. The number of furan rings is 1. The topological polar surface area (TPSA) is 63.7 Å². The van der Waals surface area contributed by atoms with Crippen molar-refractivity contribution in [3.63, 3.8) is 0 Å². The van der Waals surface area contributed by atoms with Crippen molar-refractivity contribution in [2.24, 2.45) is 0 Å². The number of benzene rings is 2. The molecular formula is C22H13Cl2NO4. The van der Waals surface area contributed by atoms with E-state index >= 15 is 0 Å². The van der Waals surface area contributed by atoms with Gasteiger partial charge in [-0.3, -0.25) is 9.59 Å². The van der Waals surface area contributed by atoms with Gasteiger partial charge < -0.3 is 13.7 Å². The third kappa shape index (κ3) is 2.94. The van der Waals surface area contributed by atoms with Gasteiger partial charge in [-0.05, 0) is 48.0 Å². The monoisotopic (exact) mass is 425 g/mol. The molecule has 0 radical (unpaired) electrons. The minimum Gasteiger partial charge on any atom is -0.467 e. The Balaban J connectivity index is 1.77. The summed E-state index contributed by atoms with van der Waals surface area (Å²) in [7, 11) is 0. The maximum atomic E-state index is 13.4. The number of hydrogen-bond donors (Lipinski definition) is 0. The van der Waals surface area contributed by atoms with Crippen LogP contribution in [0.3, 0.4) is 0 Å². The zero-order valence-corrected chi connectivity index (χ0v) is 16.4. The van der Waals surface area contributed by atoms with E-state index in [9.17, 15) is 9.59 Å². The molecule has 3 heterocycles. The highest BCUT2D eigenvalue weighted by atomic mass is 35.5. The van der Waals surface area contributed by atoms with Crippen molar-refractivity contribution in [1.82, 2.24) is 4.90 Å². The normalized spacial score (nSPS) is 15.9. The van der Waals surface area contributed by atoms with Crippen molar-refractivity contribution < 1.29 is 13.6 Å². The van der Waals surface area contributed by atoms with Gasteiger partial charge in [-0.1, -0.05) is 35.3 Å². The summed E-state index contributed by atoms with van der Waals surface area (Å²) in [5, 5.41) is 1.26. The third-order valence-corrected chi connectivity index (χ3v) is 5.47. The van der Waals surface area contributed by atoms with Crippen molar-refractivity contribution >= 4 is 40.1 Å². The second-order valence-electron chi connectivity index (χ2n) is 6.78. The van der Waals surface area contributed by atoms with Gasteiger partial charge in [-0.15, -0.1) is 0 Å². The molecule has 2 aromatic carbocycles. The Morgan fingerprint density at radius 3 is 2.55 bits per heavy atom. The number of halogens is 2. The lowest BCUT2D eigenvalue weighted by Gasteiger charge is -2.24. The van der Waals surface area contributed by atoms with Gasteiger partial charge in [-0.2, -0.15) is 0 Å². The molecule has 29 heavy (non-hydrogen) atoms. The van der Waals surface area contributed by atoms with E-state index in [0.29, 0.717) is 32.3 Å². The second kappa shape index (κ2) is 6.79. The second-order valence-corrected chi connectivity index (χ2v) is 7.66. The Morgan fingerprint density at radius 1 is 0.966 bits per heavy atom. The summed E-state index contributed by atoms with van der Waals surface area (Å²) < 4.78 is 11.3. The molecule has 1 aliphatic heterocycles. The SMILES string of the molecule is O=C1c2oc3ccc(Cl)cc3c(=O)c2[C@H](c2cccc(Cl)c2)N1Cc1ccco1. The van der Waals surface area contributed by atoms with Crippen LogP contribution in [0, 0.1) is 0 Å². The van der Waals surface area contributed by atoms with Crippen LogP contribution >= 0.6 is 23.2 Å². The molecule has 5 rings (SSSR count). The molecule has 0 unspecified atom stereocenters. The van der Waals surface area contributed by atoms with Gasteiger partial charge in [0.25, 0.3) is 5.91 Å². The van der Waals surface area contributed by atoms with E-state index in [1.165, 1.54) is 6.26 Å². The molecule has 0 spiro atoms. The summed E-state index contributed by atoms with van der Waals surface area (Å²) in [4.78, 5) is 28.2. The summed E-state index contributed by atoms with van der Waals surface area (Å²) in [5.41, 5.74) is 1.02. The maximum Gasteiger partial charge on any atom is 0.291 e. The lowest BCUT2D eigenvalue weighted by molar-refractivity contribution is 0.0701.